The molecule has 0 radical (unpaired) electrons. The fourth-order valence-corrected chi connectivity index (χ4v) is 9.85. The molecule has 7 aromatic carbocycles. The van der Waals surface area contributed by atoms with Crippen LogP contribution < -0.4 is 9.80 Å². The van der Waals surface area contributed by atoms with Crippen LogP contribution >= 0.6 is 0 Å². The smallest absolute Gasteiger partial charge is 0.298 e. The number of fused-ring (bicyclic) bond motifs is 6. The zero-order chi connectivity index (χ0) is 46.6. The molecule has 13 heteroatoms. The number of nitrogens with zero attached hydrogens (tertiary/aromatic N) is 2. The molecule has 1 atom stereocenters. The molecule has 0 aromatic heterocycles. The highest BCUT2D eigenvalue weighted by Gasteiger charge is 2.70. The summed E-state index contributed by atoms with van der Waals surface area (Å²) in [6.45, 7) is 7.72. The molecule has 332 valence electrons. The molecular weight excluding hydrogens is 829 g/mol. The average molecular weight is 877 g/mol. The number of anilines is 6. The van der Waals surface area contributed by atoms with E-state index in [1.54, 1.807) is 17.0 Å². The predicted octanol–water partition coefficient (Wildman–Crippen LogP) is 5.60. The molecule has 13 nitrogen and oxygen atoms in total. The standard InChI is InChI=1S/C52H48N2O11/c1-29-5-13-33(14-6-29)53(34-15-7-30(2)8-16-34)37-21-23-39-41-28-46-42(27-44(41)48(47(55)56,43(39)25-37)50(57,58)59)40-24-22-38(26-45(40)49(46,51(60,61)62)52(63,64)65)54(35-17-9-31(3)10-18-35)36-19-11-32(4)12-20-36/h5-28,47,55-65H,1-4H3. The number of aryl methyl sites for hydroxylation is 4. The van der Waals surface area contributed by atoms with Crippen molar-refractivity contribution in [3.05, 3.63) is 190 Å². The van der Waals surface area contributed by atoms with Crippen molar-refractivity contribution in [3.8, 4) is 22.3 Å². The molecule has 7 aromatic rings. The lowest BCUT2D eigenvalue weighted by Gasteiger charge is -2.44. The Bertz CT molecular complexity index is 2850. The van der Waals surface area contributed by atoms with Crippen molar-refractivity contribution in [3.63, 3.8) is 0 Å². The van der Waals surface area contributed by atoms with Crippen molar-refractivity contribution in [1.29, 1.82) is 0 Å². The maximum atomic E-state index is 11.4. The lowest BCUT2D eigenvalue weighted by atomic mass is 9.71. The first-order valence-electron chi connectivity index (χ1n) is 20.8. The first-order valence-corrected chi connectivity index (χ1v) is 20.8. The second-order valence-electron chi connectivity index (χ2n) is 17.3. The Morgan fingerprint density at radius 1 is 0.338 bits per heavy atom. The second-order valence-corrected chi connectivity index (χ2v) is 17.3. The van der Waals surface area contributed by atoms with Gasteiger partial charge in [0.1, 0.15) is 0 Å². The van der Waals surface area contributed by atoms with Crippen molar-refractivity contribution >= 4 is 34.1 Å². The van der Waals surface area contributed by atoms with E-state index in [0.29, 0.717) is 34.1 Å². The van der Waals surface area contributed by atoms with Crippen molar-refractivity contribution in [1.82, 2.24) is 0 Å². The summed E-state index contributed by atoms with van der Waals surface area (Å²) in [5, 5.41) is 126. The summed E-state index contributed by atoms with van der Waals surface area (Å²) in [6, 6.07) is 41.6. The van der Waals surface area contributed by atoms with Gasteiger partial charge in [0.25, 0.3) is 17.9 Å². The quantitative estimate of drug-likeness (QED) is 0.0754. The predicted molar refractivity (Wildman–Crippen MR) is 244 cm³/mol. The van der Waals surface area contributed by atoms with Gasteiger partial charge in [-0.15, -0.1) is 0 Å². The third-order valence-electron chi connectivity index (χ3n) is 13.0. The van der Waals surface area contributed by atoms with E-state index in [9.17, 15) is 56.2 Å². The van der Waals surface area contributed by atoms with Gasteiger partial charge in [-0.2, -0.15) is 0 Å². The van der Waals surface area contributed by atoms with E-state index in [-0.39, 0.29) is 33.4 Å². The Hall–Kier alpha value is -6.30. The second kappa shape index (κ2) is 15.1. The summed E-state index contributed by atoms with van der Waals surface area (Å²) in [5.74, 6) is -12.2. The topological polar surface area (TPSA) is 229 Å². The Balaban J connectivity index is 1.31. The van der Waals surface area contributed by atoms with Gasteiger partial charge in [0.05, 0.1) is 0 Å². The number of rotatable bonds is 10. The van der Waals surface area contributed by atoms with Gasteiger partial charge in [-0.05, 0) is 157 Å². The monoisotopic (exact) mass is 876 g/mol. The third kappa shape index (κ3) is 6.60. The van der Waals surface area contributed by atoms with E-state index >= 15 is 0 Å². The zero-order valence-electron chi connectivity index (χ0n) is 35.7. The van der Waals surface area contributed by atoms with Crippen LogP contribution in [-0.4, -0.2) is 80.4 Å². The normalized spacial score (nSPS) is 16.2. The molecule has 0 aliphatic heterocycles. The fraction of sp³-hybridized carbons (Fsp3) is 0.192. The minimum absolute atomic E-state index is 0.00956. The molecule has 65 heavy (non-hydrogen) atoms. The molecule has 0 heterocycles. The molecule has 0 saturated heterocycles. The van der Waals surface area contributed by atoms with Crippen LogP contribution in [0.15, 0.2) is 146 Å². The Morgan fingerprint density at radius 3 is 0.954 bits per heavy atom. The number of hydrogen-bond acceptors (Lipinski definition) is 13. The van der Waals surface area contributed by atoms with E-state index in [0.717, 1.165) is 28.3 Å². The summed E-state index contributed by atoms with van der Waals surface area (Å²) in [4.78, 5) is 3.64. The molecular formula is C52H48N2O11. The largest absolute Gasteiger partial charge is 0.367 e. The van der Waals surface area contributed by atoms with Crippen LogP contribution in [0.5, 0.6) is 0 Å². The van der Waals surface area contributed by atoms with Gasteiger partial charge in [0, 0.05) is 34.1 Å². The highest BCUT2D eigenvalue weighted by molar-refractivity contribution is 5.93. The highest BCUT2D eigenvalue weighted by atomic mass is 16.7. The van der Waals surface area contributed by atoms with Gasteiger partial charge in [0.15, 0.2) is 17.1 Å². The van der Waals surface area contributed by atoms with Crippen LogP contribution in [0.2, 0.25) is 0 Å². The van der Waals surface area contributed by atoms with Crippen LogP contribution in [0, 0.1) is 27.7 Å². The molecule has 2 aliphatic rings. The number of hydrogen-bond donors (Lipinski definition) is 11. The lowest BCUT2D eigenvalue weighted by Crippen LogP contribution is -2.65. The number of benzene rings is 7. The molecule has 0 spiro atoms. The van der Waals surface area contributed by atoms with Crippen molar-refractivity contribution in [2.45, 2.75) is 62.7 Å². The van der Waals surface area contributed by atoms with Gasteiger partial charge in [-0.25, -0.2) is 0 Å². The zero-order valence-corrected chi connectivity index (χ0v) is 35.7. The first-order chi connectivity index (χ1) is 30.6. The molecule has 1 unspecified atom stereocenters. The van der Waals surface area contributed by atoms with Crippen molar-refractivity contribution in [2.75, 3.05) is 9.80 Å². The molecule has 0 bridgehead atoms. The van der Waals surface area contributed by atoms with Crippen LogP contribution in [0.3, 0.4) is 0 Å². The molecule has 0 amide bonds. The van der Waals surface area contributed by atoms with Crippen LogP contribution in [0.4, 0.5) is 34.1 Å². The van der Waals surface area contributed by atoms with Crippen LogP contribution in [-0.2, 0) is 10.8 Å². The molecule has 0 fully saturated rings. The van der Waals surface area contributed by atoms with E-state index in [2.05, 4.69) is 0 Å². The van der Waals surface area contributed by atoms with Gasteiger partial charge >= 0.3 is 0 Å². The van der Waals surface area contributed by atoms with Crippen LogP contribution in [0.25, 0.3) is 22.3 Å². The Morgan fingerprint density at radius 2 is 0.615 bits per heavy atom. The van der Waals surface area contributed by atoms with Gasteiger partial charge in [-0.1, -0.05) is 82.9 Å². The summed E-state index contributed by atoms with van der Waals surface area (Å²) >= 11 is 0. The first kappa shape index (κ1) is 43.9. The summed E-state index contributed by atoms with van der Waals surface area (Å²) in [6.07, 6.45) is -2.73. The maximum Gasteiger partial charge on any atom is 0.298 e. The van der Waals surface area contributed by atoms with Crippen molar-refractivity contribution < 1.29 is 56.2 Å². The summed E-state index contributed by atoms with van der Waals surface area (Å²) in [7, 11) is 0. The summed E-state index contributed by atoms with van der Waals surface area (Å²) in [5.41, 5.74) is -0.330. The van der Waals surface area contributed by atoms with E-state index in [1.165, 1.54) is 30.3 Å². The lowest BCUT2D eigenvalue weighted by molar-refractivity contribution is -0.442. The van der Waals surface area contributed by atoms with E-state index in [4.69, 9.17) is 0 Å². The third-order valence-corrected chi connectivity index (χ3v) is 13.0. The molecule has 11 N–H and O–H groups in total. The SMILES string of the molecule is Cc1ccc(N(c2ccc(C)cc2)c2ccc3c(c2)C(C(O)O)(C(O)(O)O)c2cc4c(cc2-3)C(C(O)(O)O)(C(O)(O)O)c2cc(N(c3ccc(C)cc3)c3ccc(C)cc3)ccc2-4)cc1. The number of aliphatic hydroxyl groups is 11. The molecule has 2 aliphatic carbocycles. The molecule has 9 rings (SSSR count). The van der Waals surface area contributed by atoms with Gasteiger partial charge < -0.3 is 66.0 Å². The Labute approximate surface area is 374 Å². The Kier molecular flexibility index (Phi) is 10.2. The van der Waals surface area contributed by atoms with Crippen molar-refractivity contribution in [2.24, 2.45) is 0 Å². The van der Waals surface area contributed by atoms with Gasteiger partial charge in [0.2, 0.25) is 0 Å². The van der Waals surface area contributed by atoms with Gasteiger partial charge in [-0.3, -0.25) is 0 Å². The molecule has 0 saturated carbocycles. The highest BCUT2D eigenvalue weighted by Crippen LogP contribution is 2.63. The fourth-order valence-electron chi connectivity index (χ4n) is 9.85. The summed E-state index contributed by atoms with van der Waals surface area (Å²) < 4.78 is 0. The van der Waals surface area contributed by atoms with Crippen LogP contribution in [0.1, 0.15) is 44.5 Å². The minimum Gasteiger partial charge on any atom is -0.367 e. The minimum atomic E-state index is -4.13. The maximum absolute atomic E-state index is 11.4. The average Bonchev–Trinajstić information content (AvgIpc) is 3.70. The number of aliphatic hydroxyl groups excluding tert-OH is 1. The van der Waals surface area contributed by atoms with E-state index < -0.39 is 46.2 Å². The van der Waals surface area contributed by atoms with E-state index in [1.807, 2.05) is 130 Å².